The molecule has 2 aliphatic heterocycles. The molecule has 2 N–H and O–H groups in total. The van der Waals surface area contributed by atoms with E-state index in [0.717, 1.165) is 37.0 Å². The minimum absolute atomic E-state index is 0. The number of carbonyl (C=O) groups excluding carboxylic acids is 1. The second kappa shape index (κ2) is 8.35. The van der Waals surface area contributed by atoms with Gasteiger partial charge in [-0.1, -0.05) is 6.92 Å². The zero-order chi connectivity index (χ0) is 17.3. The van der Waals surface area contributed by atoms with Crippen LogP contribution in [0.4, 0.5) is 0 Å². The molecule has 1 aromatic rings. The highest BCUT2D eigenvalue weighted by Gasteiger charge is 2.30. The van der Waals surface area contributed by atoms with Crippen LogP contribution in [0.2, 0.25) is 0 Å². The number of piperidine rings is 2. The topological polar surface area (TPSA) is 83.7 Å². The first-order valence-corrected chi connectivity index (χ1v) is 10.8. The molecule has 1 amide bonds. The summed E-state index contributed by atoms with van der Waals surface area (Å²) < 4.78 is 27.3. The van der Waals surface area contributed by atoms with Crippen LogP contribution in [-0.4, -0.2) is 55.8 Å². The van der Waals surface area contributed by atoms with Gasteiger partial charge < -0.3 is 10.6 Å². The van der Waals surface area contributed by atoms with Gasteiger partial charge in [0.1, 0.15) is 4.21 Å². The highest BCUT2D eigenvalue weighted by atomic mass is 35.5. The van der Waals surface area contributed by atoms with Crippen LogP contribution in [0.25, 0.3) is 0 Å². The summed E-state index contributed by atoms with van der Waals surface area (Å²) in [4.78, 5) is 14.8. The first kappa shape index (κ1) is 20.6. The summed E-state index contributed by atoms with van der Waals surface area (Å²) in [5.74, 6) is 0.489. The van der Waals surface area contributed by atoms with Crippen molar-refractivity contribution >= 4 is 39.7 Å². The van der Waals surface area contributed by atoms with Crippen molar-refractivity contribution in [3.63, 3.8) is 0 Å². The van der Waals surface area contributed by atoms with Crippen molar-refractivity contribution in [1.82, 2.24) is 9.21 Å². The lowest BCUT2D eigenvalue weighted by Crippen LogP contribution is -2.42. The van der Waals surface area contributed by atoms with Gasteiger partial charge in [-0.2, -0.15) is 4.31 Å². The Bertz CT molecular complexity index is 691. The van der Waals surface area contributed by atoms with E-state index in [0.29, 0.717) is 37.0 Å². The number of rotatable bonds is 3. The summed E-state index contributed by atoms with van der Waals surface area (Å²) in [5, 5.41) is 0. The van der Waals surface area contributed by atoms with E-state index in [4.69, 9.17) is 5.73 Å². The first-order chi connectivity index (χ1) is 11.4. The first-order valence-electron chi connectivity index (χ1n) is 8.53. The van der Waals surface area contributed by atoms with Gasteiger partial charge in [0.25, 0.3) is 15.9 Å². The third kappa shape index (κ3) is 4.54. The molecule has 142 valence electrons. The largest absolute Gasteiger partial charge is 0.338 e. The van der Waals surface area contributed by atoms with Gasteiger partial charge in [0, 0.05) is 32.2 Å². The van der Waals surface area contributed by atoms with Gasteiger partial charge in [0.15, 0.2) is 0 Å². The smallest absolute Gasteiger partial charge is 0.263 e. The van der Waals surface area contributed by atoms with Gasteiger partial charge in [-0.3, -0.25) is 4.79 Å². The van der Waals surface area contributed by atoms with Crippen molar-refractivity contribution in [2.75, 3.05) is 26.2 Å². The Kier molecular flexibility index (Phi) is 6.89. The van der Waals surface area contributed by atoms with E-state index in [9.17, 15) is 13.2 Å². The molecule has 0 saturated carbocycles. The molecule has 0 aliphatic carbocycles. The van der Waals surface area contributed by atoms with Crippen molar-refractivity contribution in [2.24, 2.45) is 11.7 Å². The number of nitrogens with zero attached hydrogens (tertiary/aromatic N) is 2. The molecule has 25 heavy (non-hydrogen) atoms. The molecule has 2 saturated heterocycles. The molecule has 2 fully saturated rings. The Hall–Kier alpha value is -0.670. The van der Waals surface area contributed by atoms with Crippen molar-refractivity contribution in [3.8, 4) is 0 Å². The minimum atomic E-state index is -3.48. The van der Waals surface area contributed by atoms with E-state index < -0.39 is 10.0 Å². The fourth-order valence-electron chi connectivity index (χ4n) is 3.18. The normalized spacial score (nSPS) is 21.1. The second-order valence-electron chi connectivity index (χ2n) is 6.83. The molecule has 3 heterocycles. The Balaban J connectivity index is 0.00000225. The van der Waals surface area contributed by atoms with Gasteiger partial charge in [0.05, 0.1) is 4.88 Å². The predicted octanol–water partition coefficient (Wildman–Crippen LogP) is 2.15. The van der Waals surface area contributed by atoms with Gasteiger partial charge in [-0.05, 0) is 43.7 Å². The maximum atomic E-state index is 12.7. The van der Waals surface area contributed by atoms with E-state index >= 15 is 0 Å². The lowest BCUT2D eigenvalue weighted by Gasteiger charge is -2.30. The van der Waals surface area contributed by atoms with Gasteiger partial charge in [-0.25, -0.2) is 8.42 Å². The molecule has 1 aromatic heterocycles. The molecule has 0 unspecified atom stereocenters. The third-order valence-corrected chi connectivity index (χ3v) is 8.39. The Morgan fingerprint density at radius 2 is 1.72 bits per heavy atom. The van der Waals surface area contributed by atoms with Crippen molar-refractivity contribution in [2.45, 2.75) is 42.9 Å². The maximum absolute atomic E-state index is 12.7. The number of hydrogen-bond donors (Lipinski definition) is 1. The van der Waals surface area contributed by atoms with Crippen LogP contribution < -0.4 is 5.73 Å². The highest BCUT2D eigenvalue weighted by Crippen LogP contribution is 2.29. The molecule has 0 aromatic carbocycles. The molecule has 2 aliphatic rings. The van der Waals surface area contributed by atoms with Crippen molar-refractivity contribution in [1.29, 1.82) is 0 Å². The molecule has 9 heteroatoms. The summed E-state index contributed by atoms with van der Waals surface area (Å²) in [5.41, 5.74) is 5.87. The van der Waals surface area contributed by atoms with E-state index in [1.54, 1.807) is 21.3 Å². The van der Waals surface area contributed by atoms with E-state index in [2.05, 4.69) is 6.92 Å². The number of likely N-dealkylation sites (tertiary alicyclic amines) is 1. The molecule has 0 spiro atoms. The summed E-state index contributed by atoms with van der Waals surface area (Å²) in [7, 11) is -3.48. The molecule has 6 nitrogen and oxygen atoms in total. The van der Waals surface area contributed by atoms with Crippen LogP contribution >= 0.6 is 23.7 Å². The van der Waals surface area contributed by atoms with Crippen LogP contribution in [0.15, 0.2) is 16.3 Å². The minimum Gasteiger partial charge on any atom is -0.338 e. The Morgan fingerprint density at radius 1 is 1.12 bits per heavy atom. The van der Waals surface area contributed by atoms with Crippen LogP contribution in [-0.2, 0) is 10.0 Å². The Labute approximate surface area is 159 Å². The average molecular weight is 408 g/mol. The Morgan fingerprint density at radius 3 is 2.32 bits per heavy atom. The summed E-state index contributed by atoms with van der Waals surface area (Å²) in [6.07, 6.45) is 3.39. The number of carbonyl (C=O) groups is 1. The van der Waals surface area contributed by atoms with Gasteiger partial charge in [0.2, 0.25) is 0 Å². The maximum Gasteiger partial charge on any atom is 0.263 e. The third-order valence-electron chi connectivity index (χ3n) is 4.96. The number of amides is 1. The zero-order valence-corrected chi connectivity index (χ0v) is 16.8. The van der Waals surface area contributed by atoms with E-state index in [1.807, 2.05) is 0 Å². The number of sulfonamides is 1. The number of thiophene rings is 1. The van der Waals surface area contributed by atoms with Gasteiger partial charge >= 0.3 is 0 Å². The van der Waals surface area contributed by atoms with Crippen molar-refractivity contribution < 1.29 is 13.2 Å². The van der Waals surface area contributed by atoms with Crippen molar-refractivity contribution in [3.05, 3.63) is 17.0 Å². The highest BCUT2D eigenvalue weighted by molar-refractivity contribution is 7.91. The molecule has 0 bridgehead atoms. The molecule has 3 rings (SSSR count). The molecule has 0 atom stereocenters. The molecular formula is C16H26ClN3O3S2. The lowest BCUT2D eigenvalue weighted by atomic mass is 10.0. The van der Waals surface area contributed by atoms with Gasteiger partial charge in [-0.15, -0.1) is 23.7 Å². The summed E-state index contributed by atoms with van der Waals surface area (Å²) in [6.45, 7) is 4.56. The van der Waals surface area contributed by atoms with Crippen LogP contribution in [0.5, 0.6) is 0 Å². The second-order valence-corrected chi connectivity index (χ2v) is 10.1. The fourth-order valence-corrected chi connectivity index (χ4v) is 6.08. The predicted molar refractivity (Wildman–Crippen MR) is 102 cm³/mol. The number of halogens is 1. The average Bonchev–Trinajstić information content (AvgIpc) is 3.06. The quantitative estimate of drug-likeness (QED) is 0.832. The number of hydrogen-bond acceptors (Lipinski definition) is 5. The summed E-state index contributed by atoms with van der Waals surface area (Å²) >= 11 is 1.08. The fraction of sp³-hybridized carbons (Fsp3) is 0.688. The zero-order valence-electron chi connectivity index (χ0n) is 14.4. The van der Waals surface area contributed by atoms with Crippen LogP contribution in [0.3, 0.4) is 0 Å². The van der Waals surface area contributed by atoms with E-state index in [-0.39, 0.29) is 28.6 Å². The molecular weight excluding hydrogens is 382 g/mol. The lowest BCUT2D eigenvalue weighted by molar-refractivity contribution is 0.0719. The standard InChI is InChI=1S/C16H25N3O3S2.ClH/c1-12-4-10-19(11-5-12)24(21,22)15-3-2-14(23-15)16(20)18-8-6-13(17)7-9-18;/h2-3,12-13H,4-11,17H2,1H3;1H. The van der Waals surface area contributed by atoms with E-state index in [1.165, 1.54) is 0 Å². The number of nitrogens with two attached hydrogens (primary N) is 1. The SMILES string of the molecule is CC1CCN(S(=O)(=O)c2ccc(C(=O)N3CCC(N)CC3)s2)CC1.Cl. The van der Waals surface area contributed by atoms with Crippen LogP contribution in [0.1, 0.15) is 42.3 Å². The molecule has 0 radical (unpaired) electrons. The monoisotopic (exact) mass is 407 g/mol. The van der Waals surface area contributed by atoms with Crippen LogP contribution in [0, 0.1) is 5.92 Å². The summed E-state index contributed by atoms with van der Waals surface area (Å²) in [6, 6.07) is 3.37.